The van der Waals surface area contributed by atoms with Crippen LogP contribution in [0.5, 0.6) is 17.4 Å². The molecule has 2 heterocycles. The summed E-state index contributed by atoms with van der Waals surface area (Å²) in [5.41, 5.74) is 1.97. The molecule has 1 saturated heterocycles. The zero-order chi connectivity index (χ0) is 27.2. The van der Waals surface area contributed by atoms with Crippen LogP contribution in [0.3, 0.4) is 0 Å². The highest BCUT2D eigenvalue weighted by atomic mass is 19.1. The maximum atomic E-state index is 14.7. The van der Waals surface area contributed by atoms with Gasteiger partial charge in [-0.05, 0) is 69.5 Å². The molecule has 1 N–H and O–H groups in total. The minimum Gasteiger partial charge on any atom is -0.497 e. The lowest BCUT2D eigenvalue weighted by Gasteiger charge is -2.27. The van der Waals surface area contributed by atoms with Crippen LogP contribution in [0, 0.1) is 11.6 Å². The molecule has 1 unspecified atom stereocenters. The van der Waals surface area contributed by atoms with Crippen LogP contribution in [-0.4, -0.2) is 53.1 Å². The average molecular weight is 529 g/mol. The van der Waals surface area contributed by atoms with Crippen molar-refractivity contribution in [3.8, 4) is 23.1 Å². The van der Waals surface area contributed by atoms with Crippen molar-refractivity contribution < 1.29 is 27.8 Å². The summed E-state index contributed by atoms with van der Waals surface area (Å²) in [6.45, 7) is 6.96. The van der Waals surface area contributed by atoms with E-state index in [0.717, 1.165) is 25.0 Å². The lowest BCUT2D eigenvalue weighted by atomic mass is 10.1. The lowest BCUT2D eigenvalue weighted by molar-refractivity contribution is 0.0788. The van der Waals surface area contributed by atoms with Crippen LogP contribution in [0.1, 0.15) is 44.9 Å². The third-order valence-electron chi connectivity index (χ3n) is 6.27. The molecular formula is C28H34F2N4O4. The zero-order valence-electron chi connectivity index (χ0n) is 22.2. The summed E-state index contributed by atoms with van der Waals surface area (Å²) in [6.07, 6.45) is 2.27. The number of halogens is 2. The number of nitrogens with zero attached hydrogens (tertiary/aromatic N) is 3. The van der Waals surface area contributed by atoms with Gasteiger partial charge in [-0.2, -0.15) is 5.10 Å². The van der Waals surface area contributed by atoms with Gasteiger partial charge in [-0.3, -0.25) is 0 Å². The number of hydrogen-bond donors (Lipinski definition) is 1. The number of nitrogens with one attached hydrogen (secondary N) is 1. The van der Waals surface area contributed by atoms with Gasteiger partial charge in [-0.25, -0.2) is 18.3 Å². The van der Waals surface area contributed by atoms with E-state index in [1.54, 1.807) is 41.0 Å². The molecule has 0 radical (unpaired) electrons. The number of ether oxygens (including phenoxy) is 3. The Labute approximate surface area is 221 Å². The molecule has 10 heteroatoms. The van der Waals surface area contributed by atoms with E-state index in [4.69, 9.17) is 19.3 Å². The second-order valence-electron chi connectivity index (χ2n) is 9.49. The largest absolute Gasteiger partial charge is 0.497 e. The minimum absolute atomic E-state index is 0.0637. The van der Waals surface area contributed by atoms with E-state index in [-0.39, 0.29) is 36.4 Å². The molecular weight excluding hydrogens is 494 g/mol. The number of rotatable bonds is 10. The summed E-state index contributed by atoms with van der Waals surface area (Å²) < 4.78 is 47.0. The molecule has 8 nitrogen and oxygen atoms in total. The highest BCUT2D eigenvalue weighted by Gasteiger charge is 2.28. The van der Waals surface area contributed by atoms with Crippen molar-refractivity contribution in [1.29, 1.82) is 0 Å². The monoisotopic (exact) mass is 528 g/mol. The molecule has 38 heavy (non-hydrogen) atoms. The normalized spacial score (nSPS) is 15.1. The summed E-state index contributed by atoms with van der Waals surface area (Å²) in [7, 11) is 1.58. The predicted octanol–water partition coefficient (Wildman–Crippen LogP) is 5.61. The van der Waals surface area contributed by atoms with Crippen LogP contribution in [-0.2, 0) is 17.7 Å². The summed E-state index contributed by atoms with van der Waals surface area (Å²) >= 11 is 0. The van der Waals surface area contributed by atoms with E-state index in [1.165, 1.54) is 6.07 Å². The van der Waals surface area contributed by atoms with Gasteiger partial charge >= 0.3 is 6.03 Å². The van der Waals surface area contributed by atoms with E-state index in [9.17, 15) is 13.6 Å². The van der Waals surface area contributed by atoms with Crippen LogP contribution < -0.4 is 14.8 Å². The number of hydrogen-bond acceptors (Lipinski definition) is 5. The van der Waals surface area contributed by atoms with Crippen LogP contribution in [0.2, 0.25) is 0 Å². The number of aryl methyl sites for hydroxylation is 1. The van der Waals surface area contributed by atoms with Crippen molar-refractivity contribution in [2.75, 3.05) is 20.3 Å². The van der Waals surface area contributed by atoms with Gasteiger partial charge in [0.15, 0.2) is 11.6 Å². The Morgan fingerprint density at radius 3 is 2.61 bits per heavy atom. The zero-order valence-corrected chi connectivity index (χ0v) is 22.2. The van der Waals surface area contributed by atoms with Crippen molar-refractivity contribution in [3.63, 3.8) is 0 Å². The predicted molar refractivity (Wildman–Crippen MR) is 139 cm³/mol. The van der Waals surface area contributed by atoms with Gasteiger partial charge in [0.25, 0.3) is 0 Å². The van der Waals surface area contributed by atoms with E-state index in [2.05, 4.69) is 5.32 Å². The highest BCUT2D eigenvalue weighted by molar-refractivity contribution is 5.74. The highest BCUT2D eigenvalue weighted by Crippen LogP contribution is 2.34. The number of aromatic nitrogens is 2. The summed E-state index contributed by atoms with van der Waals surface area (Å²) in [4.78, 5) is 14.9. The summed E-state index contributed by atoms with van der Waals surface area (Å²) in [5.74, 6) is -0.794. The molecule has 1 aromatic heterocycles. The third kappa shape index (κ3) is 6.42. The Bertz CT molecular complexity index is 1240. The van der Waals surface area contributed by atoms with Crippen molar-refractivity contribution in [2.24, 2.45) is 0 Å². The first-order valence-corrected chi connectivity index (χ1v) is 12.8. The number of urea groups is 1. The van der Waals surface area contributed by atoms with Crippen molar-refractivity contribution in [2.45, 2.75) is 58.7 Å². The molecule has 1 aliphatic heterocycles. The molecule has 0 saturated carbocycles. The number of carbonyl (C=O) groups excluding carboxylic acids is 1. The molecule has 1 atom stereocenters. The SMILES string of the molecule is CCc1nn(-c2ccc(OC)cc2)c(Oc2ccc(F)cc2F)c1CN(CC1CCCO1)C(=O)NC(C)C. The minimum atomic E-state index is -0.842. The smallest absolute Gasteiger partial charge is 0.317 e. The van der Waals surface area contributed by atoms with Crippen LogP contribution in [0.25, 0.3) is 5.69 Å². The van der Waals surface area contributed by atoms with Gasteiger partial charge in [0, 0.05) is 25.3 Å². The first kappa shape index (κ1) is 27.4. The van der Waals surface area contributed by atoms with Crippen molar-refractivity contribution >= 4 is 6.03 Å². The first-order valence-electron chi connectivity index (χ1n) is 12.8. The number of methoxy groups -OCH3 is 1. The van der Waals surface area contributed by atoms with Crippen LogP contribution in [0.15, 0.2) is 42.5 Å². The van der Waals surface area contributed by atoms with E-state index in [0.29, 0.717) is 42.3 Å². The molecule has 1 fully saturated rings. The fourth-order valence-corrected chi connectivity index (χ4v) is 4.37. The van der Waals surface area contributed by atoms with E-state index >= 15 is 0 Å². The van der Waals surface area contributed by atoms with E-state index < -0.39 is 11.6 Å². The second-order valence-corrected chi connectivity index (χ2v) is 9.49. The molecule has 1 aliphatic rings. The molecule has 4 rings (SSSR count). The van der Waals surface area contributed by atoms with Gasteiger partial charge < -0.3 is 24.4 Å². The molecule has 0 aliphatic carbocycles. The molecule has 0 spiro atoms. The van der Waals surface area contributed by atoms with Gasteiger partial charge in [-0.15, -0.1) is 0 Å². The average Bonchev–Trinajstić information content (AvgIpc) is 3.53. The Morgan fingerprint density at radius 2 is 2.00 bits per heavy atom. The van der Waals surface area contributed by atoms with Crippen LogP contribution >= 0.6 is 0 Å². The lowest BCUT2D eigenvalue weighted by Crippen LogP contribution is -2.45. The maximum absolute atomic E-state index is 14.7. The second kappa shape index (κ2) is 12.3. The molecule has 2 amide bonds. The van der Waals surface area contributed by atoms with Crippen LogP contribution in [0.4, 0.5) is 13.6 Å². The fraction of sp³-hybridized carbons (Fsp3) is 0.429. The molecule has 0 bridgehead atoms. The van der Waals surface area contributed by atoms with Crippen molar-refractivity contribution in [3.05, 3.63) is 65.4 Å². The standard InChI is InChI=1S/C28H34F2N4O4/c1-5-25-23(17-33(28(35)31-18(2)3)16-22-7-6-14-37-22)27(38-26-13-8-19(29)15-24(26)30)34(32-25)20-9-11-21(36-4)12-10-20/h8-13,15,18,22H,5-7,14,16-17H2,1-4H3,(H,31,35). The first-order chi connectivity index (χ1) is 18.3. The topological polar surface area (TPSA) is 77.8 Å². The van der Waals surface area contributed by atoms with Gasteiger partial charge in [0.1, 0.15) is 11.6 Å². The molecule has 2 aromatic carbocycles. The fourth-order valence-electron chi connectivity index (χ4n) is 4.37. The van der Waals surface area contributed by atoms with Crippen molar-refractivity contribution in [1.82, 2.24) is 20.0 Å². The quantitative estimate of drug-likeness (QED) is 0.370. The summed E-state index contributed by atoms with van der Waals surface area (Å²) in [5, 5.41) is 7.73. The number of benzene rings is 2. The van der Waals surface area contributed by atoms with Gasteiger partial charge in [-0.1, -0.05) is 6.92 Å². The Balaban J connectivity index is 1.79. The number of amides is 2. The number of carbonyl (C=O) groups is 1. The Hall–Kier alpha value is -3.66. The van der Waals surface area contributed by atoms with Gasteiger partial charge in [0.05, 0.1) is 36.7 Å². The van der Waals surface area contributed by atoms with Gasteiger partial charge in [0.2, 0.25) is 5.88 Å². The molecule has 3 aromatic rings. The molecule has 204 valence electrons. The van der Waals surface area contributed by atoms with E-state index in [1.807, 2.05) is 20.8 Å². The third-order valence-corrected chi connectivity index (χ3v) is 6.27. The Kier molecular flexibility index (Phi) is 8.83. The Morgan fingerprint density at radius 1 is 1.24 bits per heavy atom. The maximum Gasteiger partial charge on any atom is 0.317 e. The summed E-state index contributed by atoms with van der Waals surface area (Å²) in [6, 6.07) is 10.0.